The van der Waals surface area contributed by atoms with Gasteiger partial charge in [-0.1, -0.05) is 24.6 Å². The van der Waals surface area contributed by atoms with Gasteiger partial charge in [-0.25, -0.2) is 0 Å². The monoisotopic (exact) mass is 359 g/mol. The highest BCUT2D eigenvalue weighted by Crippen LogP contribution is 2.50. The predicted octanol–water partition coefficient (Wildman–Crippen LogP) is 4.81. The predicted molar refractivity (Wildman–Crippen MR) is 84.8 cm³/mol. The average molecular weight is 360 g/mol. The van der Waals surface area contributed by atoms with Gasteiger partial charge in [-0.3, -0.25) is 4.79 Å². The second-order valence-corrected chi connectivity index (χ2v) is 6.56. The number of carbonyl (C=O) groups excluding carboxylic acids is 1. The second kappa shape index (κ2) is 6.08. The lowest BCUT2D eigenvalue weighted by Gasteiger charge is -2.35. The Hall–Kier alpha value is -1.53. The largest absolute Gasteiger partial charge is 0.425 e. The molecule has 1 heterocycles. The van der Waals surface area contributed by atoms with E-state index in [1.165, 1.54) is 24.3 Å². The zero-order valence-electron chi connectivity index (χ0n) is 13.0. The van der Waals surface area contributed by atoms with Crippen molar-refractivity contribution in [1.82, 2.24) is 0 Å². The molecule has 130 valence electrons. The summed E-state index contributed by atoms with van der Waals surface area (Å²) in [5, 5.41) is 2.67. The van der Waals surface area contributed by atoms with Crippen LogP contribution in [-0.4, -0.2) is 18.2 Å². The average Bonchev–Trinajstić information content (AvgIpc) is 3.32. The van der Waals surface area contributed by atoms with Gasteiger partial charge in [0, 0.05) is 16.3 Å². The Labute approximate surface area is 142 Å². The molecule has 1 aliphatic carbocycles. The van der Waals surface area contributed by atoms with E-state index in [0.717, 1.165) is 18.9 Å². The maximum Gasteiger partial charge on any atom is 0.425 e. The van der Waals surface area contributed by atoms with Crippen molar-refractivity contribution >= 4 is 23.2 Å². The van der Waals surface area contributed by atoms with E-state index in [2.05, 4.69) is 5.32 Å². The third-order valence-corrected chi connectivity index (χ3v) is 4.51. The second-order valence-electron chi connectivity index (χ2n) is 6.12. The normalized spacial score (nSPS) is 27.7. The maximum absolute atomic E-state index is 14.1. The topological polar surface area (TPSA) is 38.3 Å². The molecule has 3 rings (SSSR count). The Balaban J connectivity index is 2.22. The third kappa shape index (κ3) is 3.05. The van der Waals surface area contributed by atoms with E-state index in [1.807, 2.05) is 0 Å². The number of rotatable bonds is 3. The van der Waals surface area contributed by atoms with Crippen LogP contribution in [0.15, 0.2) is 30.4 Å². The molecule has 0 saturated heterocycles. The van der Waals surface area contributed by atoms with Crippen LogP contribution in [0.5, 0.6) is 0 Å². The number of anilines is 1. The number of hydrogen-bond acceptors (Lipinski definition) is 2. The van der Waals surface area contributed by atoms with Crippen LogP contribution in [0, 0.1) is 5.92 Å². The van der Waals surface area contributed by atoms with Crippen LogP contribution < -0.4 is 5.32 Å². The Kier molecular flexibility index (Phi) is 4.38. The van der Waals surface area contributed by atoms with E-state index >= 15 is 0 Å². The quantitative estimate of drug-likeness (QED) is 0.786. The van der Waals surface area contributed by atoms with Gasteiger partial charge >= 0.3 is 6.18 Å². The minimum atomic E-state index is -4.74. The summed E-state index contributed by atoms with van der Waals surface area (Å²) in [5.41, 5.74) is -2.82. The molecule has 0 unspecified atom stereocenters. The zero-order chi connectivity index (χ0) is 17.5. The van der Waals surface area contributed by atoms with Gasteiger partial charge in [0.1, 0.15) is 6.10 Å². The Morgan fingerprint density at radius 2 is 2.12 bits per heavy atom. The molecule has 2 aliphatic rings. The number of allylic oxidation sites excluding steroid dienone is 1. The number of halogens is 4. The van der Waals surface area contributed by atoms with E-state index in [1.54, 1.807) is 6.92 Å². The van der Waals surface area contributed by atoms with E-state index in [0.29, 0.717) is 0 Å². The van der Waals surface area contributed by atoms with Gasteiger partial charge in [-0.15, -0.1) is 0 Å². The summed E-state index contributed by atoms with van der Waals surface area (Å²) >= 11 is 5.93. The van der Waals surface area contributed by atoms with Crippen LogP contribution in [0.2, 0.25) is 5.02 Å². The molecule has 1 aliphatic heterocycles. The van der Waals surface area contributed by atoms with Crippen molar-refractivity contribution in [2.24, 2.45) is 5.92 Å². The number of fused-ring (bicyclic) bond motifs is 1. The summed E-state index contributed by atoms with van der Waals surface area (Å²) in [6, 6.07) is 4.03. The molecule has 1 N–H and O–H groups in total. The molecule has 2 atom stereocenters. The Morgan fingerprint density at radius 3 is 2.71 bits per heavy atom. The fourth-order valence-electron chi connectivity index (χ4n) is 2.76. The van der Waals surface area contributed by atoms with E-state index < -0.39 is 23.8 Å². The number of nitrogens with one attached hydrogen (secondary N) is 1. The molecule has 7 heteroatoms. The summed E-state index contributed by atoms with van der Waals surface area (Å²) in [4.78, 5) is 12.2. The first kappa shape index (κ1) is 17.3. The minimum Gasteiger partial charge on any atom is -0.344 e. The number of carbonyl (C=O) groups is 1. The van der Waals surface area contributed by atoms with Crippen LogP contribution in [0.3, 0.4) is 0 Å². The van der Waals surface area contributed by atoms with Gasteiger partial charge in [0.15, 0.2) is 0 Å². The van der Waals surface area contributed by atoms with Crippen LogP contribution in [-0.2, 0) is 15.1 Å². The SMILES string of the molecule is CC[C@H]1O[C@@](/C=C/C2CC2)(C(F)(F)F)c2cc(Cl)ccc2NC1=O. The summed E-state index contributed by atoms with van der Waals surface area (Å²) in [6.45, 7) is 1.61. The molecule has 0 spiro atoms. The van der Waals surface area contributed by atoms with Gasteiger partial charge in [-0.05, 0) is 49.5 Å². The molecule has 3 nitrogen and oxygen atoms in total. The van der Waals surface area contributed by atoms with Crippen molar-refractivity contribution in [3.63, 3.8) is 0 Å². The molecule has 0 aromatic heterocycles. The minimum absolute atomic E-state index is 0.0677. The smallest absolute Gasteiger partial charge is 0.344 e. The van der Waals surface area contributed by atoms with Gasteiger partial charge in [0.25, 0.3) is 5.91 Å². The number of benzene rings is 1. The third-order valence-electron chi connectivity index (χ3n) is 4.28. The van der Waals surface area contributed by atoms with Crippen molar-refractivity contribution in [2.45, 2.75) is 44.1 Å². The lowest BCUT2D eigenvalue weighted by Crippen LogP contribution is -2.46. The number of alkyl halides is 3. The molecule has 1 saturated carbocycles. The van der Waals surface area contributed by atoms with Crippen molar-refractivity contribution in [1.29, 1.82) is 0 Å². The van der Waals surface area contributed by atoms with Crippen molar-refractivity contribution in [3.05, 3.63) is 40.9 Å². The van der Waals surface area contributed by atoms with Crippen LogP contribution in [0.1, 0.15) is 31.7 Å². The van der Waals surface area contributed by atoms with Crippen molar-refractivity contribution in [2.75, 3.05) is 5.32 Å². The van der Waals surface area contributed by atoms with Gasteiger partial charge in [0.2, 0.25) is 5.60 Å². The van der Waals surface area contributed by atoms with Crippen LogP contribution in [0.25, 0.3) is 0 Å². The molecule has 1 aromatic carbocycles. The first-order chi connectivity index (χ1) is 11.3. The molecule has 24 heavy (non-hydrogen) atoms. The number of ether oxygens (including phenoxy) is 1. The first-order valence-corrected chi connectivity index (χ1v) is 8.19. The fourth-order valence-corrected chi connectivity index (χ4v) is 2.93. The zero-order valence-corrected chi connectivity index (χ0v) is 13.7. The molecular weight excluding hydrogens is 343 g/mol. The standard InChI is InChI=1S/C17H17ClF3NO2/c1-2-14-15(23)22-13-6-5-11(18)9-12(13)16(24-14,17(19,20)21)8-7-10-3-4-10/h5-10,14H,2-4H2,1H3,(H,22,23)/b8-7+/t14-,16-/m1/s1. The summed E-state index contributed by atoms with van der Waals surface area (Å²) < 4.78 is 47.8. The maximum atomic E-state index is 14.1. The molecule has 1 aromatic rings. The Bertz CT molecular complexity index is 685. The summed E-state index contributed by atoms with van der Waals surface area (Å²) in [5.74, 6) is -0.463. The van der Waals surface area contributed by atoms with Crippen molar-refractivity contribution < 1.29 is 22.7 Å². The van der Waals surface area contributed by atoms with E-state index in [9.17, 15) is 18.0 Å². The molecular formula is C17H17ClF3NO2. The van der Waals surface area contributed by atoms with Gasteiger partial charge in [0.05, 0.1) is 0 Å². The lowest BCUT2D eigenvalue weighted by molar-refractivity contribution is -0.272. The van der Waals surface area contributed by atoms with E-state index in [4.69, 9.17) is 16.3 Å². The van der Waals surface area contributed by atoms with Crippen LogP contribution >= 0.6 is 11.6 Å². The van der Waals surface area contributed by atoms with Crippen LogP contribution in [0.4, 0.5) is 18.9 Å². The highest BCUT2D eigenvalue weighted by Gasteiger charge is 2.59. The lowest BCUT2D eigenvalue weighted by atomic mass is 9.90. The molecule has 0 radical (unpaired) electrons. The highest BCUT2D eigenvalue weighted by atomic mass is 35.5. The summed E-state index contributed by atoms with van der Waals surface area (Å²) in [6.07, 6.45) is -1.52. The summed E-state index contributed by atoms with van der Waals surface area (Å²) in [7, 11) is 0. The molecule has 0 bridgehead atoms. The van der Waals surface area contributed by atoms with E-state index in [-0.39, 0.29) is 28.6 Å². The number of amides is 1. The number of hydrogen-bond donors (Lipinski definition) is 1. The van der Waals surface area contributed by atoms with Crippen molar-refractivity contribution in [3.8, 4) is 0 Å². The van der Waals surface area contributed by atoms with Gasteiger partial charge in [-0.2, -0.15) is 13.2 Å². The van der Waals surface area contributed by atoms with Gasteiger partial charge < -0.3 is 10.1 Å². The highest BCUT2D eigenvalue weighted by molar-refractivity contribution is 6.30. The first-order valence-electron chi connectivity index (χ1n) is 7.81. The fraction of sp³-hybridized carbons (Fsp3) is 0.471. The molecule has 1 fully saturated rings. The molecule has 1 amide bonds. The Morgan fingerprint density at radius 1 is 1.42 bits per heavy atom.